The summed E-state index contributed by atoms with van der Waals surface area (Å²) < 4.78 is 5.72. The van der Waals surface area contributed by atoms with Crippen LogP contribution in [-0.2, 0) is 6.42 Å². The Balaban J connectivity index is 2.64. The molecule has 0 unspecified atom stereocenters. The predicted octanol–water partition coefficient (Wildman–Crippen LogP) is 3.53. The molecule has 0 aliphatic heterocycles. The number of hydrogen-bond donors (Lipinski definition) is 2. The zero-order valence-electron chi connectivity index (χ0n) is 12.5. The molecule has 0 spiro atoms. The average Bonchev–Trinajstić information content (AvgIpc) is 2.50. The van der Waals surface area contributed by atoms with Gasteiger partial charge in [0.15, 0.2) is 17.3 Å². The second kappa shape index (κ2) is 6.30. The van der Waals surface area contributed by atoms with Gasteiger partial charge in [-0.25, -0.2) is 9.97 Å². The molecule has 112 valence electrons. The maximum Gasteiger partial charge on any atom is 0.172 e. The lowest BCUT2D eigenvalue weighted by Gasteiger charge is -2.13. The molecule has 1 aromatic heterocycles. The fraction of sp³-hybridized carbons (Fsp3) is 0.333. The van der Waals surface area contributed by atoms with Crippen LogP contribution in [0.1, 0.15) is 18.2 Å². The monoisotopic (exact) mass is 351 g/mol. The molecule has 0 bridgehead atoms. The summed E-state index contributed by atoms with van der Waals surface area (Å²) in [7, 11) is 3.35. The molecule has 0 aliphatic rings. The minimum Gasteiger partial charge on any atom is -0.503 e. The molecular weight excluding hydrogens is 334 g/mol. The minimum atomic E-state index is 0.0675. The molecule has 2 rings (SSSR count). The summed E-state index contributed by atoms with van der Waals surface area (Å²) in [6.07, 6.45) is 0.826. The Kier molecular flexibility index (Phi) is 4.67. The number of ether oxygens (including phenoxy) is 1. The van der Waals surface area contributed by atoms with Crippen molar-refractivity contribution in [3.63, 3.8) is 0 Å². The summed E-state index contributed by atoms with van der Waals surface area (Å²) in [6.45, 7) is 4.06. The van der Waals surface area contributed by atoms with E-state index in [1.807, 2.05) is 14.0 Å². The Morgan fingerprint density at radius 2 is 2.05 bits per heavy atom. The number of benzene rings is 1. The summed E-state index contributed by atoms with van der Waals surface area (Å²) in [5.74, 6) is 1.85. The molecule has 0 atom stereocenters. The fourth-order valence-corrected chi connectivity index (χ4v) is 2.58. The van der Waals surface area contributed by atoms with Gasteiger partial charge in [0.1, 0.15) is 5.82 Å². The van der Waals surface area contributed by atoms with Gasteiger partial charge in [-0.05, 0) is 41.4 Å². The highest BCUT2D eigenvalue weighted by atomic mass is 79.9. The molecular formula is C15H18BrN3O2. The fourth-order valence-electron chi connectivity index (χ4n) is 2.14. The van der Waals surface area contributed by atoms with Gasteiger partial charge in [-0.15, -0.1) is 0 Å². The van der Waals surface area contributed by atoms with Gasteiger partial charge in [-0.1, -0.05) is 6.92 Å². The normalized spacial score (nSPS) is 10.5. The summed E-state index contributed by atoms with van der Waals surface area (Å²) in [5.41, 5.74) is 2.82. The number of aromatic hydroxyl groups is 1. The van der Waals surface area contributed by atoms with Crippen LogP contribution >= 0.6 is 15.9 Å². The standard InChI is InChI=1S/C15H18BrN3O2/c1-5-11-8(2)14(17-3)19-15(18-11)9-6-10(16)13(20)12(7-9)21-4/h6-7,20H,5H2,1-4H3,(H,17,18,19). The van der Waals surface area contributed by atoms with E-state index in [2.05, 4.69) is 38.1 Å². The van der Waals surface area contributed by atoms with E-state index >= 15 is 0 Å². The smallest absolute Gasteiger partial charge is 0.172 e. The zero-order chi connectivity index (χ0) is 15.6. The third-order valence-electron chi connectivity index (χ3n) is 3.32. The van der Waals surface area contributed by atoms with Crippen LogP contribution in [0, 0.1) is 6.92 Å². The molecule has 5 nitrogen and oxygen atoms in total. The second-order valence-electron chi connectivity index (χ2n) is 4.58. The van der Waals surface area contributed by atoms with Crippen LogP contribution in [0.5, 0.6) is 11.5 Å². The van der Waals surface area contributed by atoms with Crippen molar-refractivity contribution in [2.75, 3.05) is 19.5 Å². The number of anilines is 1. The second-order valence-corrected chi connectivity index (χ2v) is 5.43. The van der Waals surface area contributed by atoms with Crippen LogP contribution in [0.15, 0.2) is 16.6 Å². The van der Waals surface area contributed by atoms with E-state index in [0.717, 1.165) is 29.1 Å². The van der Waals surface area contributed by atoms with E-state index < -0.39 is 0 Å². The first-order valence-corrected chi connectivity index (χ1v) is 7.43. The lowest BCUT2D eigenvalue weighted by atomic mass is 10.1. The molecule has 6 heteroatoms. The Hall–Kier alpha value is -1.82. The molecule has 1 heterocycles. The summed E-state index contributed by atoms with van der Waals surface area (Å²) in [6, 6.07) is 3.50. The van der Waals surface area contributed by atoms with Crippen LogP contribution in [0.2, 0.25) is 0 Å². The number of phenols is 1. The third-order valence-corrected chi connectivity index (χ3v) is 3.93. The predicted molar refractivity (Wildman–Crippen MR) is 87.0 cm³/mol. The number of methoxy groups -OCH3 is 1. The van der Waals surface area contributed by atoms with Crippen LogP contribution in [0.3, 0.4) is 0 Å². The van der Waals surface area contributed by atoms with Crippen molar-refractivity contribution in [3.8, 4) is 22.9 Å². The molecule has 0 radical (unpaired) electrons. The first-order chi connectivity index (χ1) is 10.0. The number of halogens is 1. The van der Waals surface area contributed by atoms with Gasteiger partial charge < -0.3 is 15.2 Å². The maximum absolute atomic E-state index is 9.89. The van der Waals surface area contributed by atoms with Crippen molar-refractivity contribution in [1.29, 1.82) is 0 Å². The highest BCUT2D eigenvalue weighted by Gasteiger charge is 2.14. The number of nitrogens with one attached hydrogen (secondary N) is 1. The Morgan fingerprint density at radius 3 is 2.62 bits per heavy atom. The van der Waals surface area contributed by atoms with Gasteiger partial charge >= 0.3 is 0 Å². The summed E-state index contributed by atoms with van der Waals surface area (Å²) in [4.78, 5) is 9.14. The number of phenolic OH excluding ortho intramolecular Hbond substituents is 1. The summed E-state index contributed by atoms with van der Waals surface area (Å²) >= 11 is 3.32. The molecule has 1 aromatic carbocycles. The van der Waals surface area contributed by atoms with E-state index in [4.69, 9.17) is 4.74 Å². The molecule has 0 aliphatic carbocycles. The average molecular weight is 352 g/mol. The number of nitrogens with zero attached hydrogens (tertiary/aromatic N) is 2. The van der Waals surface area contributed by atoms with Gasteiger partial charge in [0, 0.05) is 23.9 Å². The van der Waals surface area contributed by atoms with Crippen molar-refractivity contribution in [3.05, 3.63) is 27.9 Å². The maximum atomic E-state index is 9.89. The topological polar surface area (TPSA) is 67.3 Å². The zero-order valence-corrected chi connectivity index (χ0v) is 14.1. The number of aromatic nitrogens is 2. The van der Waals surface area contributed by atoms with Gasteiger partial charge in [0.2, 0.25) is 0 Å². The largest absolute Gasteiger partial charge is 0.503 e. The minimum absolute atomic E-state index is 0.0675. The van der Waals surface area contributed by atoms with Crippen molar-refractivity contribution in [1.82, 2.24) is 9.97 Å². The molecule has 0 saturated heterocycles. The first-order valence-electron chi connectivity index (χ1n) is 6.63. The Morgan fingerprint density at radius 1 is 1.33 bits per heavy atom. The molecule has 2 N–H and O–H groups in total. The van der Waals surface area contributed by atoms with Crippen molar-refractivity contribution in [2.45, 2.75) is 20.3 Å². The molecule has 0 amide bonds. The van der Waals surface area contributed by atoms with Crippen molar-refractivity contribution < 1.29 is 9.84 Å². The number of hydrogen-bond acceptors (Lipinski definition) is 5. The van der Waals surface area contributed by atoms with Crippen LogP contribution in [0.4, 0.5) is 5.82 Å². The van der Waals surface area contributed by atoms with Gasteiger partial charge in [0.05, 0.1) is 11.6 Å². The quantitative estimate of drug-likeness (QED) is 0.881. The molecule has 2 aromatic rings. The van der Waals surface area contributed by atoms with E-state index in [-0.39, 0.29) is 5.75 Å². The van der Waals surface area contributed by atoms with E-state index in [1.54, 1.807) is 12.1 Å². The summed E-state index contributed by atoms with van der Waals surface area (Å²) in [5, 5.41) is 13.0. The number of rotatable bonds is 4. The highest BCUT2D eigenvalue weighted by molar-refractivity contribution is 9.10. The molecule has 0 fully saturated rings. The first kappa shape index (κ1) is 15.6. The third kappa shape index (κ3) is 2.95. The molecule has 0 saturated carbocycles. The van der Waals surface area contributed by atoms with E-state index in [1.165, 1.54) is 7.11 Å². The van der Waals surface area contributed by atoms with Crippen molar-refractivity contribution in [2.24, 2.45) is 0 Å². The Labute approximate surface area is 132 Å². The molecule has 21 heavy (non-hydrogen) atoms. The number of aryl methyl sites for hydroxylation is 1. The highest BCUT2D eigenvalue weighted by Crippen LogP contribution is 2.38. The lowest BCUT2D eigenvalue weighted by Crippen LogP contribution is -2.04. The van der Waals surface area contributed by atoms with Crippen LogP contribution in [-0.4, -0.2) is 29.2 Å². The van der Waals surface area contributed by atoms with E-state index in [9.17, 15) is 5.11 Å². The van der Waals surface area contributed by atoms with Gasteiger partial charge in [-0.2, -0.15) is 0 Å². The Bertz CT molecular complexity index is 649. The van der Waals surface area contributed by atoms with Gasteiger partial charge in [0.25, 0.3) is 0 Å². The van der Waals surface area contributed by atoms with E-state index in [0.29, 0.717) is 16.0 Å². The van der Waals surface area contributed by atoms with Crippen molar-refractivity contribution >= 4 is 21.7 Å². The lowest BCUT2D eigenvalue weighted by molar-refractivity contribution is 0.372. The van der Waals surface area contributed by atoms with Gasteiger partial charge in [-0.3, -0.25) is 0 Å². The van der Waals surface area contributed by atoms with Crippen LogP contribution < -0.4 is 10.1 Å². The van der Waals surface area contributed by atoms with Crippen LogP contribution in [0.25, 0.3) is 11.4 Å². The SMILES string of the molecule is CCc1nc(-c2cc(Br)c(O)c(OC)c2)nc(NC)c1C.